The summed E-state index contributed by atoms with van der Waals surface area (Å²) in [5.41, 5.74) is 3.52. The third-order valence-electron chi connectivity index (χ3n) is 9.66. The van der Waals surface area contributed by atoms with Crippen LogP contribution in [-0.2, 0) is 16.1 Å². The summed E-state index contributed by atoms with van der Waals surface area (Å²) in [4.78, 5) is 29.7. The maximum atomic E-state index is 13.1. The van der Waals surface area contributed by atoms with Crippen LogP contribution < -0.4 is 0 Å². The molecule has 6 nitrogen and oxygen atoms in total. The summed E-state index contributed by atoms with van der Waals surface area (Å²) >= 11 is 0. The van der Waals surface area contributed by atoms with Gasteiger partial charge in [0.1, 0.15) is 6.61 Å². The number of nitrogens with zero attached hydrogens (tertiary/aromatic N) is 2. The monoisotopic (exact) mass is 558 g/mol. The van der Waals surface area contributed by atoms with Crippen LogP contribution in [0.15, 0.2) is 67.3 Å². The molecular weight excluding hydrogens is 512 g/mol. The molecule has 1 saturated heterocycles. The molecule has 5 rings (SSSR count). The standard InChI is InChI=1S/C35H46N2O4/c1-3-17-37(35(40)41-24-27-11-9-25(2)10-12-27)31-15-18-36(19-16-31)23-30-21-29(33(34(38)39)20-26-13-14-26)22-32(30)28-7-5-4-6-8-28/h3-12,26,29-33H,1,13-24H2,2H3,(H,38,39)/t29?,30-,32-,33?/m1/s1. The number of aryl methyl sites for hydroxylation is 1. The van der Waals surface area contributed by atoms with E-state index in [-0.39, 0.29) is 30.6 Å². The number of hydrogen-bond donors (Lipinski definition) is 1. The Morgan fingerprint density at radius 3 is 2.39 bits per heavy atom. The highest BCUT2D eigenvalue weighted by Crippen LogP contribution is 2.49. The summed E-state index contributed by atoms with van der Waals surface area (Å²) in [5.74, 6) is 0.881. The molecule has 2 aliphatic carbocycles. The first-order valence-electron chi connectivity index (χ1n) is 15.5. The fourth-order valence-corrected chi connectivity index (χ4v) is 7.18. The maximum Gasteiger partial charge on any atom is 0.410 e. The van der Waals surface area contributed by atoms with Crippen molar-refractivity contribution < 1.29 is 19.4 Å². The van der Waals surface area contributed by atoms with Crippen LogP contribution in [0.4, 0.5) is 4.79 Å². The van der Waals surface area contributed by atoms with E-state index in [1.165, 1.54) is 24.0 Å². The summed E-state index contributed by atoms with van der Waals surface area (Å²) in [6.07, 6.45) is 8.49. The molecule has 2 unspecified atom stereocenters. The normalized spacial score (nSPS) is 24.1. The molecule has 220 valence electrons. The van der Waals surface area contributed by atoms with Crippen molar-refractivity contribution in [1.82, 2.24) is 9.80 Å². The van der Waals surface area contributed by atoms with E-state index < -0.39 is 5.97 Å². The van der Waals surface area contributed by atoms with Crippen LogP contribution >= 0.6 is 0 Å². The van der Waals surface area contributed by atoms with E-state index >= 15 is 0 Å². The van der Waals surface area contributed by atoms with Gasteiger partial charge in [-0.25, -0.2) is 4.79 Å². The predicted octanol–water partition coefficient (Wildman–Crippen LogP) is 6.89. The number of carbonyl (C=O) groups excluding carboxylic acids is 1. The highest BCUT2D eigenvalue weighted by molar-refractivity contribution is 5.70. The summed E-state index contributed by atoms with van der Waals surface area (Å²) in [6, 6.07) is 18.9. The number of benzene rings is 2. The number of likely N-dealkylation sites (tertiary alicyclic amines) is 1. The van der Waals surface area contributed by atoms with Crippen molar-refractivity contribution >= 4 is 12.1 Å². The van der Waals surface area contributed by atoms with E-state index in [0.717, 1.165) is 57.3 Å². The Bertz CT molecular complexity index is 1150. The lowest BCUT2D eigenvalue weighted by Crippen LogP contribution is -2.48. The Hall–Kier alpha value is -3.12. The Balaban J connectivity index is 1.18. The van der Waals surface area contributed by atoms with E-state index in [1.54, 1.807) is 6.08 Å². The van der Waals surface area contributed by atoms with Crippen LogP contribution in [0.2, 0.25) is 0 Å². The van der Waals surface area contributed by atoms with Gasteiger partial charge in [0, 0.05) is 32.2 Å². The van der Waals surface area contributed by atoms with Gasteiger partial charge in [-0.05, 0) is 73.8 Å². The van der Waals surface area contributed by atoms with Crippen LogP contribution in [0.1, 0.15) is 67.6 Å². The van der Waals surface area contributed by atoms with Gasteiger partial charge in [0.05, 0.1) is 5.92 Å². The van der Waals surface area contributed by atoms with E-state index in [1.807, 2.05) is 36.1 Å². The maximum absolute atomic E-state index is 13.1. The molecule has 4 atom stereocenters. The minimum Gasteiger partial charge on any atom is -0.481 e. The van der Waals surface area contributed by atoms with Crippen molar-refractivity contribution in [1.29, 1.82) is 0 Å². The van der Waals surface area contributed by atoms with E-state index in [9.17, 15) is 14.7 Å². The second-order valence-corrected chi connectivity index (χ2v) is 12.6. The second-order valence-electron chi connectivity index (χ2n) is 12.6. The fraction of sp³-hybridized carbons (Fsp3) is 0.543. The number of hydrogen-bond acceptors (Lipinski definition) is 4. The number of rotatable bonds is 12. The summed E-state index contributed by atoms with van der Waals surface area (Å²) in [5, 5.41) is 10.1. The fourth-order valence-electron chi connectivity index (χ4n) is 7.18. The van der Waals surface area contributed by atoms with Gasteiger partial charge in [0.2, 0.25) is 0 Å². The largest absolute Gasteiger partial charge is 0.481 e. The van der Waals surface area contributed by atoms with Gasteiger partial charge in [0.25, 0.3) is 0 Å². The van der Waals surface area contributed by atoms with Crippen molar-refractivity contribution in [3.8, 4) is 0 Å². The number of amides is 1. The Morgan fingerprint density at radius 2 is 1.76 bits per heavy atom. The molecule has 6 heteroatoms. The molecule has 0 radical (unpaired) electrons. The predicted molar refractivity (Wildman–Crippen MR) is 162 cm³/mol. The van der Waals surface area contributed by atoms with Gasteiger partial charge in [-0.3, -0.25) is 4.79 Å². The minimum absolute atomic E-state index is 0.131. The second kappa shape index (κ2) is 13.7. The van der Waals surface area contributed by atoms with Gasteiger partial charge in [-0.1, -0.05) is 79.1 Å². The number of ether oxygens (including phenoxy) is 1. The van der Waals surface area contributed by atoms with E-state index in [2.05, 4.69) is 41.8 Å². The van der Waals surface area contributed by atoms with Gasteiger partial charge in [0.15, 0.2) is 0 Å². The van der Waals surface area contributed by atoms with Crippen molar-refractivity contribution in [3.05, 3.63) is 83.9 Å². The highest BCUT2D eigenvalue weighted by atomic mass is 16.6. The smallest absolute Gasteiger partial charge is 0.410 e. The molecule has 3 aliphatic rings. The van der Waals surface area contributed by atoms with Crippen molar-refractivity contribution in [2.45, 2.75) is 70.4 Å². The number of carbonyl (C=O) groups is 2. The first-order chi connectivity index (χ1) is 19.9. The average molecular weight is 559 g/mol. The van der Waals surface area contributed by atoms with Gasteiger partial charge in [-0.2, -0.15) is 0 Å². The SMILES string of the molecule is C=CCN(C(=O)OCc1ccc(C)cc1)C1CCN(C[C@H]2CC(C(CC3CC3)C(=O)O)C[C@@H]2c2ccccc2)CC1. The summed E-state index contributed by atoms with van der Waals surface area (Å²) in [6.45, 7) is 9.52. The van der Waals surface area contributed by atoms with Gasteiger partial charge in [-0.15, -0.1) is 6.58 Å². The molecule has 2 aromatic carbocycles. The molecule has 0 spiro atoms. The number of carboxylic acids is 1. The zero-order chi connectivity index (χ0) is 28.8. The molecule has 41 heavy (non-hydrogen) atoms. The Kier molecular flexibility index (Phi) is 9.81. The molecular formula is C35H46N2O4. The van der Waals surface area contributed by atoms with Crippen LogP contribution in [0, 0.1) is 30.6 Å². The van der Waals surface area contributed by atoms with Crippen LogP contribution in [0.3, 0.4) is 0 Å². The lowest BCUT2D eigenvalue weighted by molar-refractivity contribution is -0.144. The molecule has 2 saturated carbocycles. The first-order valence-corrected chi connectivity index (χ1v) is 15.5. The zero-order valence-electron chi connectivity index (χ0n) is 24.5. The number of carboxylic acid groups (broad SMARTS) is 1. The Labute approximate surface area is 245 Å². The van der Waals surface area contributed by atoms with E-state index in [0.29, 0.717) is 24.3 Å². The van der Waals surface area contributed by atoms with Gasteiger partial charge >= 0.3 is 12.1 Å². The minimum atomic E-state index is -0.605. The van der Waals surface area contributed by atoms with Crippen LogP contribution in [-0.4, -0.2) is 59.2 Å². The Morgan fingerprint density at radius 1 is 1.05 bits per heavy atom. The summed E-state index contributed by atoms with van der Waals surface area (Å²) < 4.78 is 5.70. The molecule has 1 amide bonds. The molecule has 1 aliphatic heterocycles. The van der Waals surface area contributed by atoms with Crippen LogP contribution in [0.25, 0.3) is 0 Å². The van der Waals surface area contributed by atoms with Crippen LogP contribution in [0.5, 0.6) is 0 Å². The van der Waals surface area contributed by atoms with Crippen molar-refractivity contribution in [3.63, 3.8) is 0 Å². The molecule has 0 bridgehead atoms. The lowest BCUT2D eigenvalue weighted by atomic mass is 9.85. The number of aliphatic carboxylic acids is 1. The van der Waals surface area contributed by atoms with E-state index in [4.69, 9.17) is 4.74 Å². The quantitative estimate of drug-likeness (QED) is 0.287. The molecule has 1 heterocycles. The lowest BCUT2D eigenvalue weighted by Gasteiger charge is -2.39. The third kappa shape index (κ3) is 7.79. The number of piperidine rings is 1. The molecule has 1 N–H and O–H groups in total. The van der Waals surface area contributed by atoms with Gasteiger partial charge < -0.3 is 19.6 Å². The third-order valence-corrected chi connectivity index (χ3v) is 9.66. The summed E-state index contributed by atoms with van der Waals surface area (Å²) in [7, 11) is 0. The molecule has 3 fully saturated rings. The van der Waals surface area contributed by atoms with Crippen molar-refractivity contribution in [2.75, 3.05) is 26.2 Å². The topological polar surface area (TPSA) is 70.1 Å². The average Bonchev–Trinajstić information content (AvgIpc) is 3.72. The zero-order valence-corrected chi connectivity index (χ0v) is 24.5. The first kappa shape index (κ1) is 29.4. The van der Waals surface area contributed by atoms with Crippen molar-refractivity contribution in [2.24, 2.45) is 23.7 Å². The molecule has 2 aromatic rings. The molecule has 0 aromatic heterocycles. The highest BCUT2D eigenvalue weighted by Gasteiger charge is 2.43.